The molecule has 0 aliphatic heterocycles. The van der Waals surface area contributed by atoms with Gasteiger partial charge in [0.25, 0.3) is 5.56 Å². The molecular formula is C15H13FN4O. The highest BCUT2D eigenvalue weighted by Gasteiger charge is 2.21. The molecule has 0 saturated heterocycles. The molecule has 1 aliphatic carbocycles. The van der Waals surface area contributed by atoms with E-state index in [0.717, 1.165) is 12.8 Å². The van der Waals surface area contributed by atoms with E-state index in [4.69, 9.17) is 5.26 Å². The van der Waals surface area contributed by atoms with Gasteiger partial charge in [-0.25, -0.2) is 9.07 Å². The maximum absolute atomic E-state index is 13.3. The molecule has 1 aliphatic rings. The van der Waals surface area contributed by atoms with Crippen molar-refractivity contribution in [1.82, 2.24) is 9.78 Å². The predicted octanol–water partition coefficient (Wildman–Crippen LogP) is 1.88. The summed E-state index contributed by atoms with van der Waals surface area (Å²) in [7, 11) is 0. The first kappa shape index (κ1) is 13.3. The van der Waals surface area contributed by atoms with E-state index in [9.17, 15) is 9.18 Å². The highest BCUT2D eigenvalue weighted by atomic mass is 19.1. The van der Waals surface area contributed by atoms with Gasteiger partial charge in [0.1, 0.15) is 5.82 Å². The van der Waals surface area contributed by atoms with Crippen molar-refractivity contribution in [2.24, 2.45) is 0 Å². The summed E-state index contributed by atoms with van der Waals surface area (Å²) in [5.74, 6) is -0.441. The number of nitriles is 1. The van der Waals surface area contributed by atoms with Crippen LogP contribution in [0.25, 0.3) is 0 Å². The molecule has 0 bridgehead atoms. The van der Waals surface area contributed by atoms with E-state index < -0.39 is 5.82 Å². The van der Waals surface area contributed by atoms with Crippen molar-refractivity contribution in [2.45, 2.75) is 25.4 Å². The van der Waals surface area contributed by atoms with Crippen LogP contribution in [0.3, 0.4) is 0 Å². The van der Waals surface area contributed by atoms with Gasteiger partial charge in [-0.3, -0.25) is 4.79 Å². The van der Waals surface area contributed by atoms with E-state index in [1.54, 1.807) is 6.20 Å². The number of hydrogen-bond donors (Lipinski definition) is 1. The van der Waals surface area contributed by atoms with E-state index in [0.29, 0.717) is 22.9 Å². The van der Waals surface area contributed by atoms with E-state index in [1.807, 2.05) is 6.07 Å². The summed E-state index contributed by atoms with van der Waals surface area (Å²) in [6.45, 7) is 0.0726. The summed E-state index contributed by atoms with van der Waals surface area (Å²) in [5.41, 5.74) is 1.19. The van der Waals surface area contributed by atoms with Crippen LogP contribution in [0.4, 0.5) is 10.1 Å². The Morgan fingerprint density at radius 2 is 2.24 bits per heavy atom. The fourth-order valence-corrected chi connectivity index (χ4v) is 2.06. The molecule has 0 spiro atoms. The summed E-state index contributed by atoms with van der Waals surface area (Å²) in [6, 6.07) is 7.77. The maximum atomic E-state index is 13.3. The highest BCUT2D eigenvalue weighted by molar-refractivity contribution is 5.42. The minimum atomic E-state index is -0.441. The summed E-state index contributed by atoms with van der Waals surface area (Å²) in [6.07, 6.45) is 3.79. The Morgan fingerprint density at radius 1 is 1.43 bits per heavy atom. The fraction of sp³-hybridized carbons (Fsp3) is 0.267. The van der Waals surface area contributed by atoms with Crippen LogP contribution >= 0.6 is 0 Å². The lowest BCUT2D eigenvalue weighted by Gasteiger charge is -2.08. The number of nitrogens with zero attached hydrogens (tertiary/aromatic N) is 3. The van der Waals surface area contributed by atoms with E-state index in [2.05, 4.69) is 10.4 Å². The zero-order valence-corrected chi connectivity index (χ0v) is 11.2. The Bertz CT molecular complexity index is 774. The molecular weight excluding hydrogens is 271 g/mol. The monoisotopic (exact) mass is 284 g/mol. The van der Waals surface area contributed by atoms with Crippen LogP contribution in [0.15, 0.2) is 35.3 Å². The smallest absolute Gasteiger partial charge is 0.269 e. The van der Waals surface area contributed by atoms with Crippen molar-refractivity contribution >= 4 is 5.69 Å². The van der Waals surface area contributed by atoms with Crippen molar-refractivity contribution < 1.29 is 4.39 Å². The third-order valence-electron chi connectivity index (χ3n) is 3.33. The number of aromatic nitrogens is 2. The van der Waals surface area contributed by atoms with Crippen LogP contribution in [0.2, 0.25) is 0 Å². The SMILES string of the molecule is N#Cc1ccc(F)cc1Cn1ncc(NC2CC2)cc1=O. The Kier molecular flexibility index (Phi) is 3.40. The lowest BCUT2D eigenvalue weighted by molar-refractivity contribution is 0.610. The molecule has 0 atom stereocenters. The Labute approximate surface area is 120 Å². The Balaban J connectivity index is 1.86. The third kappa shape index (κ3) is 3.08. The molecule has 6 heteroatoms. The van der Waals surface area contributed by atoms with Crippen molar-refractivity contribution in [2.75, 3.05) is 5.32 Å². The summed E-state index contributed by atoms with van der Waals surface area (Å²) < 4.78 is 14.5. The van der Waals surface area contributed by atoms with Crippen LogP contribution in [-0.2, 0) is 6.54 Å². The summed E-state index contributed by atoms with van der Waals surface area (Å²) in [4.78, 5) is 12.0. The Hall–Kier alpha value is -2.68. The highest BCUT2D eigenvalue weighted by Crippen LogP contribution is 2.23. The third-order valence-corrected chi connectivity index (χ3v) is 3.33. The van der Waals surface area contributed by atoms with Gasteiger partial charge >= 0.3 is 0 Å². The lowest BCUT2D eigenvalue weighted by atomic mass is 10.1. The van der Waals surface area contributed by atoms with Gasteiger partial charge in [-0.15, -0.1) is 0 Å². The number of hydrogen-bond acceptors (Lipinski definition) is 4. The quantitative estimate of drug-likeness (QED) is 0.930. The zero-order valence-electron chi connectivity index (χ0n) is 11.2. The van der Waals surface area contributed by atoms with Crippen molar-refractivity contribution in [3.63, 3.8) is 0 Å². The van der Waals surface area contributed by atoms with Gasteiger partial charge in [-0.2, -0.15) is 10.4 Å². The topological polar surface area (TPSA) is 70.7 Å². The number of nitrogens with one attached hydrogen (secondary N) is 1. The average Bonchev–Trinajstić information content (AvgIpc) is 3.26. The average molecular weight is 284 g/mol. The molecule has 1 fully saturated rings. The first-order valence-electron chi connectivity index (χ1n) is 6.68. The molecule has 1 heterocycles. The van der Waals surface area contributed by atoms with Crippen LogP contribution < -0.4 is 10.9 Å². The number of anilines is 1. The van der Waals surface area contributed by atoms with Crippen molar-refractivity contribution in [3.05, 3.63) is 57.8 Å². The molecule has 1 saturated carbocycles. The predicted molar refractivity (Wildman–Crippen MR) is 75.4 cm³/mol. The minimum Gasteiger partial charge on any atom is -0.381 e. The minimum absolute atomic E-state index is 0.0726. The molecule has 21 heavy (non-hydrogen) atoms. The first-order valence-corrected chi connectivity index (χ1v) is 6.68. The normalized spacial score (nSPS) is 13.7. The van der Waals surface area contributed by atoms with Gasteiger partial charge in [0.05, 0.1) is 30.1 Å². The van der Waals surface area contributed by atoms with Gasteiger partial charge in [0.2, 0.25) is 0 Å². The molecule has 1 N–H and O–H groups in total. The van der Waals surface area contributed by atoms with Gasteiger partial charge in [-0.1, -0.05) is 0 Å². The summed E-state index contributed by atoms with van der Waals surface area (Å²) in [5, 5.41) is 16.3. The number of halogens is 1. The van der Waals surface area contributed by atoms with E-state index in [-0.39, 0.29) is 12.1 Å². The maximum Gasteiger partial charge on any atom is 0.269 e. The molecule has 1 aromatic carbocycles. The van der Waals surface area contributed by atoms with Crippen LogP contribution in [0, 0.1) is 17.1 Å². The van der Waals surface area contributed by atoms with E-state index in [1.165, 1.54) is 28.9 Å². The largest absolute Gasteiger partial charge is 0.381 e. The second-order valence-corrected chi connectivity index (χ2v) is 5.07. The first-order chi connectivity index (χ1) is 10.2. The van der Waals surface area contributed by atoms with E-state index >= 15 is 0 Å². The van der Waals surface area contributed by atoms with Gasteiger partial charge < -0.3 is 5.32 Å². The number of rotatable bonds is 4. The van der Waals surface area contributed by atoms with Crippen LogP contribution in [0.5, 0.6) is 0 Å². The molecule has 5 nitrogen and oxygen atoms in total. The second kappa shape index (κ2) is 5.37. The fourth-order valence-electron chi connectivity index (χ4n) is 2.06. The standard InChI is InChI=1S/C15H13FN4O/c16-12-2-1-10(7-17)11(5-12)9-20-15(21)6-14(8-18-20)19-13-3-4-13/h1-2,5-6,8,13,19H,3-4,9H2. The summed E-state index contributed by atoms with van der Waals surface area (Å²) >= 11 is 0. The molecule has 0 amide bonds. The van der Waals surface area contributed by atoms with Crippen LogP contribution in [-0.4, -0.2) is 15.8 Å². The lowest BCUT2D eigenvalue weighted by Crippen LogP contribution is -2.23. The molecule has 0 radical (unpaired) electrons. The molecule has 2 aromatic rings. The Morgan fingerprint density at radius 3 is 2.90 bits per heavy atom. The molecule has 0 unspecified atom stereocenters. The molecule has 1 aromatic heterocycles. The molecule has 106 valence electrons. The zero-order chi connectivity index (χ0) is 14.8. The van der Waals surface area contributed by atoms with Crippen LogP contribution in [0.1, 0.15) is 24.0 Å². The van der Waals surface area contributed by atoms with Gasteiger partial charge in [-0.05, 0) is 36.6 Å². The van der Waals surface area contributed by atoms with Gasteiger partial charge in [0, 0.05) is 12.1 Å². The van der Waals surface area contributed by atoms with Crippen molar-refractivity contribution in [1.29, 1.82) is 5.26 Å². The number of benzene rings is 1. The molecule has 3 rings (SSSR count). The van der Waals surface area contributed by atoms with Crippen molar-refractivity contribution in [3.8, 4) is 6.07 Å². The second-order valence-electron chi connectivity index (χ2n) is 5.07. The van der Waals surface area contributed by atoms with Gasteiger partial charge in [0.15, 0.2) is 0 Å².